The Morgan fingerprint density at radius 1 is 1.27 bits per heavy atom. The zero-order valence-corrected chi connectivity index (χ0v) is 15.1. The van der Waals surface area contributed by atoms with E-state index in [2.05, 4.69) is 4.90 Å². The van der Waals surface area contributed by atoms with Crippen LogP contribution >= 0.6 is 11.3 Å². The summed E-state index contributed by atoms with van der Waals surface area (Å²) >= 11 is 1.33. The molecule has 1 aliphatic heterocycles. The first-order valence-electron chi connectivity index (χ1n) is 8.44. The molecule has 3 rings (SSSR count). The number of rotatable bonds is 4. The maximum atomic E-state index is 12.8. The molecule has 2 heterocycles. The quantitative estimate of drug-likeness (QED) is 0.696. The SMILES string of the molecule is CN1CCC[C@@H](COC(=O)c2cccs2)[C@@H]1c1ccc(C(F)(F)F)cc1. The van der Waals surface area contributed by atoms with Gasteiger partial charge in [-0.25, -0.2) is 4.79 Å². The monoisotopic (exact) mass is 383 g/mol. The predicted octanol–water partition coefficient (Wildman–Crippen LogP) is 5.01. The van der Waals surface area contributed by atoms with Crippen molar-refractivity contribution >= 4 is 17.3 Å². The minimum Gasteiger partial charge on any atom is -0.461 e. The van der Waals surface area contributed by atoms with Gasteiger partial charge in [-0.2, -0.15) is 13.2 Å². The third-order valence-corrected chi connectivity index (χ3v) is 5.59. The average molecular weight is 383 g/mol. The van der Waals surface area contributed by atoms with Crippen LogP contribution in [0.15, 0.2) is 41.8 Å². The van der Waals surface area contributed by atoms with Crippen LogP contribution in [0.25, 0.3) is 0 Å². The number of carbonyl (C=O) groups is 1. The zero-order chi connectivity index (χ0) is 18.7. The molecule has 1 saturated heterocycles. The van der Waals surface area contributed by atoms with Crippen molar-refractivity contribution in [3.63, 3.8) is 0 Å². The lowest BCUT2D eigenvalue weighted by molar-refractivity contribution is -0.137. The maximum Gasteiger partial charge on any atom is 0.416 e. The summed E-state index contributed by atoms with van der Waals surface area (Å²) in [6.07, 6.45) is -2.50. The minimum atomic E-state index is -4.34. The molecule has 7 heteroatoms. The molecule has 1 aromatic heterocycles. The fourth-order valence-corrected chi connectivity index (χ4v) is 4.09. The van der Waals surface area contributed by atoms with Crippen molar-refractivity contribution in [1.82, 2.24) is 4.90 Å². The summed E-state index contributed by atoms with van der Waals surface area (Å²) in [5, 5.41) is 1.82. The van der Waals surface area contributed by atoms with Crippen molar-refractivity contribution in [2.24, 2.45) is 5.92 Å². The van der Waals surface area contributed by atoms with E-state index in [1.165, 1.54) is 23.5 Å². The molecule has 0 amide bonds. The van der Waals surface area contributed by atoms with Crippen LogP contribution in [0.5, 0.6) is 0 Å². The topological polar surface area (TPSA) is 29.5 Å². The van der Waals surface area contributed by atoms with E-state index in [9.17, 15) is 18.0 Å². The molecule has 0 N–H and O–H groups in total. The van der Waals surface area contributed by atoms with Gasteiger partial charge in [0.1, 0.15) is 4.88 Å². The van der Waals surface area contributed by atoms with Crippen molar-refractivity contribution in [1.29, 1.82) is 0 Å². The Balaban J connectivity index is 1.73. The molecule has 0 aliphatic carbocycles. The van der Waals surface area contributed by atoms with E-state index in [-0.39, 0.29) is 24.5 Å². The molecule has 1 aliphatic rings. The Morgan fingerprint density at radius 2 is 2.00 bits per heavy atom. The summed E-state index contributed by atoms with van der Waals surface area (Å²) < 4.78 is 43.8. The van der Waals surface area contributed by atoms with E-state index in [0.29, 0.717) is 4.88 Å². The van der Waals surface area contributed by atoms with Gasteiger partial charge < -0.3 is 4.74 Å². The summed E-state index contributed by atoms with van der Waals surface area (Å²) in [4.78, 5) is 14.8. The van der Waals surface area contributed by atoms with Crippen LogP contribution in [0, 0.1) is 5.92 Å². The number of alkyl halides is 3. The molecule has 0 unspecified atom stereocenters. The highest BCUT2D eigenvalue weighted by Crippen LogP contribution is 2.37. The highest BCUT2D eigenvalue weighted by Gasteiger charge is 2.34. The third-order valence-electron chi connectivity index (χ3n) is 4.74. The second-order valence-corrected chi connectivity index (χ2v) is 7.47. The fraction of sp³-hybridized carbons (Fsp3) is 0.421. The smallest absolute Gasteiger partial charge is 0.416 e. The highest BCUT2D eigenvalue weighted by molar-refractivity contribution is 7.11. The number of likely N-dealkylation sites (tertiary alicyclic amines) is 1. The van der Waals surface area contributed by atoms with Crippen molar-refractivity contribution < 1.29 is 22.7 Å². The van der Waals surface area contributed by atoms with Gasteiger partial charge in [0.25, 0.3) is 0 Å². The number of esters is 1. The van der Waals surface area contributed by atoms with Crippen LogP contribution in [0.2, 0.25) is 0 Å². The number of nitrogens with zero attached hydrogens (tertiary/aromatic N) is 1. The van der Waals surface area contributed by atoms with Crippen molar-refractivity contribution in [2.45, 2.75) is 25.1 Å². The highest BCUT2D eigenvalue weighted by atomic mass is 32.1. The standard InChI is InChI=1S/C19H20F3NO2S/c1-23-10-2-4-14(12-25-18(24)16-5-3-11-26-16)17(23)13-6-8-15(9-7-13)19(20,21)22/h3,5-9,11,14,17H,2,4,10,12H2,1H3/t14-,17-/m0/s1. The van der Waals surface area contributed by atoms with Crippen LogP contribution < -0.4 is 0 Å². The molecular formula is C19H20F3NO2S. The number of carbonyl (C=O) groups excluding carboxylic acids is 1. The Hall–Kier alpha value is -1.86. The van der Waals surface area contributed by atoms with Crippen LogP contribution in [0.1, 0.15) is 39.7 Å². The van der Waals surface area contributed by atoms with E-state index in [4.69, 9.17) is 4.74 Å². The van der Waals surface area contributed by atoms with Gasteiger partial charge in [0.2, 0.25) is 0 Å². The van der Waals surface area contributed by atoms with E-state index in [0.717, 1.165) is 37.1 Å². The lowest BCUT2D eigenvalue weighted by atomic mass is 9.85. The predicted molar refractivity (Wildman–Crippen MR) is 94.1 cm³/mol. The van der Waals surface area contributed by atoms with E-state index >= 15 is 0 Å². The first-order valence-corrected chi connectivity index (χ1v) is 9.32. The van der Waals surface area contributed by atoms with Gasteiger partial charge in [0.15, 0.2) is 0 Å². The molecule has 3 nitrogen and oxygen atoms in total. The number of ether oxygens (including phenoxy) is 1. The van der Waals surface area contributed by atoms with Crippen molar-refractivity contribution in [2.75, 3.05) is 20.2 Å². The molecule has 26 heavy (non-hydrogen) atoms. The lowest BCUT2D eigenvalue weighted by Crippen LogP contribution is -2.38. The Morgan fingerprint density at radius 3 is 2.62 bits per heavy atom. The van der Waals surface area contributed by atoms with E-state index in [1.54, 1.807) is 12.1 Å². The molecule has 2 aromatic rings. The maximum absolute atomic E-state index is 12.8. The van der Waals surface area contributed by atoms with Gasteiger partial charge in [-0.3, -0.25) is 4.90 Å². The number of thiophene rings is 1. The van der Waals surface area contributed by atoms with Gasteiger partial charge in [-0.15, -0.1) is 11.3 Å². The number of halogens is 3. The molecule has 140 valence electrons. The number of benzene rings is 1. The number of hydrogen-bond acceptors (Lipinski definition) is 4. The normalized spacial score (nSPS) is 21.5. The van der Waals surface area contributed by atoms with Gasteiger partial charge in [-0.05, 0) is 55.6 Å². The lowest BCUT2D eigenvalue weighted by Gasteiger charge is -2.39. The number of piperidine rings is 1. The molecule has 0 saturated carbocycles. The largest absolute Gasteiger partial charge is 0.461 e. The van der Waals surface area contributed by atoms with E-state index in [1.807, 2.05) is 12.4 Å². The Kier molecular flexibility index (Phi) is 5.67. The second kappa shape index (κ2) is 7.80. The molecule has 0 bridgehead atoms. The zero-order valence-electron chi connectivity index (χ0n) is 14.3. The summed E-state index contributed by atoms with van der Waals surface area (Å²) in [5.41, 5.74) is 0.165. The Bertz CT molecular complexity index is 728. The molecule has 0 radical (unpaired) electrons. The molecule has 0 spiro atoms. The minimum absolute atomic E-state index is 0.0504. The van der Waals surface area contributed by atoms with Crippen molar-refractivity contribution in [3.8, 4) is 0 Å². The van der Waals surface area contributed by atoms with Gasteiger partial charge in [0, 0.05) is 12.0 Å². The van der Waals surface area contributed by atoms with Gasteiger partial charge in [-0.1, -0.05) is 18.2 Å². The number of hydrogen-bond donors (Lipinski definition) is 0. The molecule has 1 aromatic carbocycles. The van der Waals surface area contributed by atoms with Crippen LogP contribution in [-0.2, 0) is 10.9 Å². The van der Waals surface area contributed by atoms with Crippen LogP contribution in [0.3, 0.4) is 0 Å². The van der Waals surface area contributed by atoms with Crippen LogP contribution in [-0.4, -0.2) is 31.1 Å². The Labute approximate surface area is 154 Å². The van der Waals surface area contributed by atoms with Gasteiger partial charge in [0.05, 0.1) is 12.2 Å². The molecular weight excluding hydrogens is 363 g/mol. The first kappa shape index (κ1) is 18.9. The first-order chi connectivity index (χ1) is 12.4. The summed E-state index contributed by atoms with van der Waals surface area (Å²) in [6.45, 7) is 1.12. The second-order valence-electron chi connectivity index (χ2n) is 6.52. The summed E-state index contributed by atoms with van der Waals surface area (Å²) in [5.74, 6) is -0.297. The summed E-state index contributed by atoms with van der Waals surface area (Å²) in [6, 6.07) is 8.74. The fourth-order valence-electron chi connectivity index (χ4n) is 3.48. The van der Waals surface area contributed by atoms with Crippen molar-refractivity contribution in [3.05, 3.63) is 57.8 Å². The average Bonchev–Trinajstić information content (AvgIpc) is 3.14. The molecule has 1 fully saturated rings. The molecule has 2 atom stereocenters. The van der Waals surface area contributed by atoms with Gasteiger partial charge >= 0.3 is 12.1 Å². The third kappa shape index (κ3) is 4.27. The van der Waals surface area contributed by atoms with E-state index < -0.39 is 11.7 Å². The summed E-state index contributed by atoms with van der Waals surface area (Å²) in [7, 11) is 1.95. The van der Waals surface area contributed by atoms with Crippen LogP contribution in [0.4, 0.5) is 13.2 Å².